The molecule has 0 amide bonds. The van der Waals surface area contributed by atoms with E-state index in [-0.39, 0.29) is 11.8 Å². The zero-order valence-corrected chi connectivity index (χ0v) is 18.6. The summed E-state index contributed by atoms with van der Waals surface area (Å²) in [5.41, 5.74) is 3.81. The topological polar surface area (TPSA) is 47.6 Å². The third-order valence-electron chi connectivity index (χ3n) is 5.66. The van der Waals surface area contributed by atoms with Gasteiger partial charge in [-0.25, -0.2) is 0 Å². The Kier molecular flexibility index (Phi) is 6.41. The molecule has 0 aliphatic heterocycles. The zero-order chi connectivity index (χ0) is 22.5. The van der Waals surface area contributed by atoms with Crippen LogP contribution in [0.5, 0.6) is 11.5 Å². The lowest BCUT2D eigenvalue weighted by atomic mass is 9.95. The van der Waals surface area contributed by atoms with Gasteiger partial charge in [0.1, 0.15) is 0 Å². The van der Waals surface area contributed by atoms with Gasteiger partial charge in [-0.3, -0.25) is 4.79 Å². The average molecular weight is 426 g/mol. The summed E-state index contributed by atoms with van der Waals surface area (Å²) in [4.78, 5) is 13.3. The van der Waals surface area contributed by atoms with Crippen molar-refractivity contribution < 1.29 is 14.3 Å². The van der Waals surface area contributed by atoms with E-state index in [4.69, 9.17) is 9.47 Å². The Morgan fingerprint density at radius 2 is 1.53 bits per heavy atom. The molecule has 162 valence electrons. The smallest absolute Gasteiger partial charge is 0.165 e. The molecule has 4 nitrogen and oxygen atoms in total. The first-order valence-electron chi connectivity index (χ1n) is 10.6. The second-order valence-corrected chi connectivity index (χ2v) is 7.87. The molecule has 4 aromatic rings. The first-order chi connectivity index (χ1) is 15.6. The highest BCUT2D eigenvalue weighted by molar-refractivity contribution is 6.00. The molecule has 0 heterocycles. The molecule has 4 aromatic carbocycles. The number of rotatable bonds is 8. The van der Waals surface area contributed by atoms with Gasteiger partial charge in [0.25, 0.3) is 0 Å². The number of hydrogen-bond donors (Lipinski definition) is 1. The predicted molar refractivity (Wildman–Crippen MR) is 130 cm³/mol. The third kappa shape index (κ3) is 4.75. The Bertz CT molecular complexity index is 1230. The molecule has 0 saturated carbocycles. The van der Waals surface area contributed by atoms with Crippen molar-refractivity contribution in [3.63, 3.8) is 0 Å². The highest BCUT2D eigenvalue weighted by atomic mass is 16.5. The Hall–Kier alpha value is -3.79. The van der Waals surface area contributed by atoms with Crippen LogP contribution in [0, 0.1) is 6.92 Å². The van der Waals surface area contributed by atoms with E-state index in [0.29, 0.717) is 23.5 Å². The number of ether oxygens (including phenoxy) is 2. The minimum absolute atomic E-state index is 0.0788. The molecule has 1 atom stereocenters. The number of aryl methyl sites for hydroxylation is 1. The van der Waals surface area contributed by atoms with E-state index in [1.165, 1.54) is 5.56 Å². The van der Waals surface area contributed by atoms with Crippen molar-refractivity contribution in [2.45, 2.75) is 19.4 Å². The van der Waals surface area contributed by atoms with E-state index in [2.05, 4.69) is 30.4 Å². The van der Waals surface area contributed by atoms with Gasteiger partial charge in [-0.15, -0.1) is 0 Å². The molecule has 0 bridgehead atoms. The maximum absolute atomic E-state index is 13.3. The van der Waals surface area contributed by atoms with Crippen LogP contribution in [0.3, 0.4) is 0 Å². The number of fused-ring (bicyclic) bond motifs is 1. The molecule has 0 aromatic heterocycles. The summed E-state index contributed by atoms with van der Waals surface area (Å²) in [6.07, 6.45) is 0.307. The van der Waals surface area contributed by atoms with Crippen molar-refractivity contribution in [3.05, 3.63) is 102 Å². The average Bonchev–Trinajstić information content (AvgIpc) is 2.84. The SMILES string of the molecule is COc1ccc(C(CC(=O)c2ccc3ccccc3c2)Nc2ccc(C)cc2)cc1OC. The van der Waals surface area contributed by atoms with E-state index < -0.39 is 0 Å². The molecule has 1 N–H and O–H groups in total. The van der Waals surface area contributed by atoms with Gasteiger partial charge in [-0.1, -0.05) is 60.2 Å². The monoisotopic (exact) mass is 425 g/mol. The quantitative estimate of drug-likeness (QED) is 0.323. The van der Waals surface area contributed by atoms with Crippen molar-refractivity contribution in [1.29, 1.82) is 0 Å². The number of anilines is 1. The standard InChI is InChI=1S/C28H27NO3/c1-19-8-13-24(14-9-19)29-25(22-12-15-27(31-2)28(17-22)32-3)18-26(30)23-11-10-20-6-4-5-7-21(20)16-23/h4-17,25,29H,18H2,1-3H3. The van der Waals surface area contributed by atoms with E-state index in [1.807, 2.05) is 66.7 Å². The number of benzene rings is 4. The molecule has 0 radical (unpaired) electrons. The fourth-order valence-corrected chi connectivity index (χ4v) is 3.84. The van der Waals surface area contributed by atoms with Gasteiger partial charge in [-0.05, 0) is 53.6 Å². The lowest BCUT2D eigenvalue weighted by Crippen LogP contribution is -2.16. The van der Waals surface area contributed by atoms with E-state index in [9.17, 15) is 4.79 Å². The maximum Gasteiger partial charge on any atom is 0.165 e. The minimum Gasteiger partial charge on any atom is -0.493 e. The molecule has 0 saturated heterocycles. The summed E-state index contributed by atoms with van der Waals surface area (Å²) in [6.45, 7) is 2.05. The fourth-order valence-electron chi connectivity index (χ4n) is 3.84. The van der Waals surface area contributed by atoms with Crippen LogP contribution < -0.4 is 14.8 Å². The normalized spacial score (nSPS) is 11.7. The van der Waals surface area contributed by atoms with E-state index >= 15 is 0 Å². The second-order valence-electron chi connectivity index (χ2n) is 7.87. The summed E-state index contributed by atoms with van der Waals surface area (Å²) < 4.78 is 10.9. The summed E-state index contributed by atoms with van der Waals surface area (Å²) in [5, 5.41) is 5.72. The Balaban J connectivity index is 1.66. The van der Waals surface area contributed by atoms with Crippen molar-refractivity contribution >= 4 is 22.2 Å². The van der Waals surface area contributed by atoms with Gasteiger partial charge in [0, 0.05) is 17.7 Å². The van der Waals surface area contributed by atoms with Crippen molar-refractivity contribution in [2.75, 3.05) is 19.5 Å². The van der Waals surface area contributed by atoms with E-state index in [0.717, 1.165) is 22.0 Å². The molecule has 32 heavy (non-hydrogen) atoms. The van der Waals surface area contributed by atoms with Crippen molar-refractivity contribution in [2.24, 2.45) is 0 Å². The first-order valence-corrected chi connectivity index (χ1v) is 10.6. The number of nitrogens with one attached hydrogen (secondary N) is 1. The number of ketones is 1. The van der Waals surface area contributed by atoms with E-state index in [1.54, 1.807) is 14.2 Å². The summed E-state index contributed by atoms with van der Waals surface area (Å²) in [5.74, 6) is 1.38. The molecule has 4 heteroatoms. The number of Topliss-reactive ketones (excluding diaryl/α,β-unsaturated/α-hetero) is 1. The molecule has 0 aliphatic carbocycles. The Morgan fingerprint density at radius 1 is 0.812 bits per heavy atom. The molecule has 0 aliphatic rings. The predicted octanol–water partition coefficient (Wildman–Crippen LogP) is 6.59. The van der Waals surface area contributed by atoms with Gasteiger partial charge in [0.05, 0.1) is 20.3 Å². The van der Waals surface area contributed by atoms with Crippen LogP contribution in [0.25, 0.3) is 10.8 Å². The van der Waals surface area contributed by atoms with Crippen molar-refractivity contribution in [3.8, 4) is 11.5 Å². The van der Waals surface area contributed by atoms with Crippen LogP contribution >= 0.6 is 0 Å². The fraction of sp³-hybridized carbons (Fsp3) is 0.179. The van der Waals surface area contributed by atoms with Crippen LogP contribution in [0.15, 0.2) is 84.9 Å². The van der Waals surface area contributed by atoms with Crippen LogP contribution in [-0.4, -0.2) is 20.0 Å². The molecule has 4 rings (SSSR count). The zero-order valence-electron chi connectivity index (χ0n) is 18.6. The van der Waals surface area contributed by atoms with Crippen LogP contribution in [0.1, 0.15) is 33.9 Å². The molecule has 1 unspecified atom stereocenters. The minimum atomic E-state index is -0.225. The molecule has 0 spiro atoms. The van der Waals surface area contributed by atoms with Crippen LogP contribution in [0.4, 0.5) is 5.69 Å². The van der Waals surface area contributed by atoms with Gasteiger partial charge in [0.15, 0.2) is 17.3 Å². The number of carbonyl (C=O) groups is 1. The third-order valence-corrected chi connectivity index (χ3v) is 5.66. The highest BCUT2D eigenvalue weighted by Crippen LogP contribution is 2.33. The Labute approximate surface area is 188 Å². The van der Waals surface area contributed by atoms with Gasteiger partial charge in [-0.2, -0.15) is 0 Å². The van der Waals surface area contributed by atoms with Gasteiger partial charge < -0.3 is 14.8 Å². The van der Waals surface area contributed by atoms with Crippen molar-refractivity contribution in [1.82, 2.24) is 0 Å². The molecular formula is C28H27NO3. The summed E-state index contributed by atoms with van der Waals surface area (Å²) in [7, 11) is 3.23. The van der Waals surface area contributed by atoms with Gasteiger partial charge >= 0.3 is 0 Å². The largest absolute Gasteiger partial charge is 0.493 e. The number of carbonyl (C=O) groups excluding carboxylic acids is 1. The maximum atomic E-state index is 13.3. The lowest BCUT2D eigenvalue weighted by molar-refractivity contribution is 0.0976. The number of methoxy groups -OCH3 is 2. The highest BCUT2D eigenvalue weighted by Gasteiger charge is 2.19. The summed E-state index contributed by atoms with van der Waals surface area (Å²) >= 11 is 0. The molecule has 0 fully saturated rings. The van der Waals surface area contributed by atoms with Crippen LogP contribution in [0.2, 0.25) is 0 Å². The first kappa shape index (κ1) is 21.4. The van der Waals surface area contributed by atoms with Crippen LogP contribution in [-0.2, 0) is 0 Å². The Morgan fingerprint density at radius 3 is 2.25 bits per heavy atom. The lowest BCUT2D eigenvalue weighted by Gasteiger charge is -2.21. The summed E-state index contributed by atoms with van der Waals surface area (Å²) in [6, 6.07) is 27.7. The molecular weight excluding hydrogens is 398 g/mol. The second kappa shape index (κ2) is 9.56. The number of hydrogen-bond acceptors (Lipinski definition) is 4. The van der Waals surface area contributed by atoms with Gasteiger partial charge in [0.2, 0.25) is 0 Å².